The molecule has 158 valence electrons. The molecular formula is C23H26BrN3O3. The zero-order valence-corrected chi connectivity index (χ0v) is 19.3. The van der Waals surface area contributed by atoms with Crippen molar-refractivity contribution in [3.63, 3.8) is 0 Å². The number of hydrogen-bond acceptors (Lipinski definition) is 5. The minimum absolute atomic E-state index is 0.0948. The molecule has 3 rings (SSSR count). The van der Waals surface area contributed by atoms with Crippen LogP contribution in [0.1, 0.15) is 45.5 Å². The first-order valence-electron chi connectivity index (χ1n) is 10.2. The second-order valence-corrected chi connectivity index (χ2v) is 7.80. The monoisotopic (exact) mass is 471 g/mol. The maximum Gasteiger partial charge on any atom is 0.282 e. The molecule has 0 amide bonds. The fraction of sp³-hybridized carbons (Fsp3) is 0.348. The third-order valence-corrected chi connectivity index (χ3v) is 5.18. The molecule has 0 saturated heterocycles. The minimum atomic E-state index is -0.198. The second kappa shape index (κ2) is 9.89. The smallest absolute Gasteiger partial charge is 0.282 e. The number of benzene rings is 2. The van der Waals surface area contributed by atoms with Crippen LogP contribution in [0, 0.1) is 0 Å². The third-order valence-electron chi connectivity index (χ3n) is 4.68. The van der Waals surface area contributed by atoms with Crippen LogP contribution in [0.25, 0.3) is 10.9 Å². The SMILES string of the molecule is CCOc1cc(C=Nn2c(CC)nc3ccc(Br)cc3c2=O)ccc1O[C@H](C)CC. The molecule has 0 spiro atoms. The van der Waals surface area contributed by atoms with Crippen LogP contribution < -0.4 is 15.0 Å². The lowest BCUT2D eigenvalue weighted by Gasteiger charge is -2.16. The van der Waals surface area contributed by atoms with Crippen LogP contribution in [0.15, 0.2) is 50.8 Å². The average Bonchev–Trinajstić information content (AvgIpc) is 2.75. The lowest BCUT2D eigenvalue weighted by Crippen LogP contribution is -2.22. The molecule has 0 bridgehead atoms. The largest absolute Gasteiger partial charge is 0.490 e. The lowest BCUT2D eigenvalue weighted by atomic mass is 10.2. The Kier molecular flexibility index (Phi) is 7.26. The van der Waals surface area contributed by atoms with Gasteiger partial charge in [0.15, 0.2) is 11.5 Å². The fourth-order valence-electron chi connectivity index (χ4n) is 2.94. The van der Waals surface area contributed by atoms with E-state index in [1.807, 2.05) is 51.1 Å². The molecule has 0 radical (unpaired) electrons. The number of nitrogens with zero attached hydrogens (tertiary/aromatic N) is 3. The van der Waals surface area contributed by atoms with Gasteiger partial charge in [-0.05, 0) is 62.2 Å². The number of rotatable bonds is 8. The van der Waals surface area contributed by atoms with Gasteiger partial charge in [-0.25, -0.2) is 4.98 Å². The summed E-state index contributed by atoms with van der Waals surface area (Å²) in [5.41, 5.74) is 1.27. The zero-order valence-electron chi connectivity index (χ0n) is 17.7. The minimum Gasteiger partial charge on any atom is -0.490 e. The highest BCUT2D eigenvalue weighted by molar-refractivity contribution is 9.10. The van der Waals surface area contributed by atoms with Crippen molar-refractivity contribution in [3.05, 3.63) is 62.6 Å². The summed E-state index contributed by atoms with van der Waals surface area (Å²) < 4.78 is 13.9. The van der Waals surface area contributed by atoms with Gasteiger partial charge in [-0.2, -0.15) is 9.78 Å². The van der Waals surface area contributed by atoms with E-state index >= 15 is 0 Å². The maximum absolute atomic E-state index is 13.0. The molecule has 0 unspecified atom stereocenters. The predicted octanol–water partition coefficient (Wildman–Crippen LogP) is 5.18. The first kappa shape index (κ1) is 22.0. The van der Waals surface area contributed by atoms with Gasteiger partial charge in [0, 0.05) is 10.9 Å². The van der Waals surface area contributed by atoms with Gasteiger partial charge in [0.2, 0.25) is 0 Å². The van der Waals surface area contributed by atoms with E-state index in [1.54, 1.807) is 12.3 Å². The fourth-order valence-corrected chi connectivity index (χ4v) is 3.30. The molecule has 6 nitrogen and oxygen atoms in total. The van der Waals surface area contributed by atoms with Gasteiger partial charge in [0.05, 0.1) is 29.8 Å². The van der Waals surface area contributed by atoms with E-state index in [2.05, 4.69) is 32.9 Å². The van der Waals surface area contributed by atoms with Crippen LogP contribution in [0.5, 0.6) is 11.5 Å². The van der Waals surface area contributed by atoms with Crippen LogP contribution in [0.4, 0.5) is 0 Å². The van der Waals surface area contributed by atoms with Gasteiger partial charge in [0.1, 0.15) is 5.82 Å². The van der Waals surface area contributed by atoms with Crippen LogP contribution in [0.3, 0.4) is 0 Å². The summed E-state index contributed by atoms with van der Waals surface area (Å²) in [7, 11) is 0. The molecule has 0 N–H and O–H groups in total. The number of hydrogen-bond donors (Lipinski definition) is 0. The van der Waals surface area contributed by atoms with Gasteiger partial charge >= 0.3 is 0 Å². The van der Waals surface area contributed by atoms with Crippen molar-refractivity contribution >= 4 is 33.0 Å². The van der Waals surface area contributed by atoms with Gasteiger partial charge < -0.3 is 9.47 Å². The summed E-state index contributed by atoms with van der Waals surface area (Å²) in [5, 5.41) is 4.96. The molecule has 0 saturated carbocycles. The normalized spacial score (nSPS) is 12.4. The van der Waals surface area contributed by atoms with Gasteiger partial charge in [0.25, 0.3) is 5.56 Å². The van der Waals surface area contributed by atoms with Crippen molar-refractivity contribution in [2.24, 2.45) is 5.10 Å². The van der Waals surface area contributed by atoms with Crippen molar-refractivity contribution in [2.45, 2.75) is 46.6 Å². The first-order valence-corrected chi connectivity index (χ1v) is 10.9. The van der Waals surface area contributed by atoms with Crippen LogP contribution in [0.2, 0.25) is 0 Å². The van der Waals surface area contributed by atoms with E-state index in [0.29, 0.717) is 41.3 Å². The highest BCUT2D eigenvalue weighted by Gasteiger charge is 2.11. The Labute approximate surface area is 184 Å². The van der Waals surface area contributed by atoms with E-state index < -0.39 is 0 Å². The number of aromatic nitrogens is 2. The summed E-state index contributed by atoms with van der Waals surface area (Å²) in [6.45, 7) is 8.51. The van der Waals surface area contributed by atoms with Crippen molar-refractivity contribution in [1.29, 1.82) is 0 Å². The maximum atomic E-state index is 13.0. The molecule has 7 heteroatoms. The standard InChI is InChI=1S/C23H26BrN3O3/c1-5-15(4)30-20-11-8-16(12-21(20)29-7-3)14-25-27-22(6-2)26-19-10-9-17(24)13-18(19)23(27)28/h8-15H,5-7H2,1-4H3/t15-/m1/s1. The number of aryl methyl sites for hydroxylation is 1. The van der Waals surface area contributed by atoms with E-state index in [-0.39, 0.29) is 11.7 Å². The molecule has 2 aromatic carbocycles. The summed E-state index contributed by atoms with van der Waals surface area (Å²) in [4.78, 5) is 17.6. The number of ether oxygens (including phenoxy) is 2. The molecule has 1 aromatic heterocycles. The van der Waals surface area contributed by atoms with E-state index in [0.717, 1.165) is 16.5 Å². The Balaban J connectivity index is 2.00. The summed E-state index contributed by atoms with van der Waals surface area (Å²) >= 11 is 3.41. The molecule has 3 aromatic rings. The first-order chi connectivity index (χ1) is 14.5. The Morgan fingerprint density at radius 3 is 2.67 bits per heavy atom. The molecule has 1 atom stereocenters. The van der Waals surface area contributed by atoms with E-state index in [9.17, 15) is 4.79 Å². The van der Waals surface area contributed by atoms with Crippen molar-refractivity contribution in [1.82, 2.24) is 9.66 Å². The molecular weight excluding hydrogens is 446 g/mol. The third kappa shape index (κ3) is 4.90. The van der Waals surface area contributed by atoms with Gasteiger partial charge in [-0.1, -0.05) is 29.8 Å². The molecule has 0 aliphatic rings. The Morgan fingerprint density at radius 2 is 1.97 bits per heavy atom. The highest BCUT2D eigenvalue weighted by atomic mass is 79.9. The summed E-state index contributed by atoms with van der Waals surface area (Å²) in [6, 6.07) is 11.1. The van der Waals surface area contributed by atoms with Gasteiger partial charge in [-0.3, -0.25) is 4.79 Å². The second-order valence-electron chi connectivity index (χ2n) is 6.88. The highest BCUT2D eigenvalue weighted by Crippen LogP contribution is 2.29. The van der Waals surface area contributed by atoms with Crippen molar-refractivity contribution < 1.29 is 9.47 Å². The summed E-state index contributed by atoms with van der Waals surface area (Å²) in [5.74, 6) is 1.96. The van der Waals surface area contributed by atoms with Crippen LogP contribution in [-0.4, -0.2) is 28.6 Å². The zero-order chi connectivity index (χ0) is 21.7. The van der Waals surface area contributed by atoms with Crippen LogP contribution >= 0.6 is 15.9 Å². The van der Waals surface area contributed by atoms with Gasteiger partial charge in [-0.15, -0.1) is 0 Å². The molecule has 30 heavy (non-hydrogen) atoms. The molecule has 0 fully saturated rings. The molecule has 0 aliphatic carbocycles. The molecule has 1 heterocycles. The Morgan fingerprint density at radius 1 is 1.17 bits per heavy atom. The van der Waals surface area contributed by atoms with Crippen LogP contribution in [-0.2, 0) is 6.42 Å². The summed E-state index contributed by atoms with van der Waals surface area (Å²) in [6.07, 6.45) is 3.23. The van der Waals surface area contributed by atoms with Crippen molar-refractivity contribution in [2.75, 3.05) is 6.61 Å². The number of fused-ring (bicyclic) bond motifs is 1. The van der Waals surface area contributed by atoms with Crippen molar-refractivity contribution in [3.8, 4) is 11.5 Å². The van der Waals surface area contributed by atoms with E-state index in [1.165, 1.54) is 4.68 Å². The quantitative estimate of drug-likeness (QED) is 0.424. The Bertz CT molecular complexity index is 1120. The lowest BCUT2D eigenvalue weighted by molar-refractivity contribution is 0.203. The average molecular weight is 472 g/mol. The number of halogens is 1. The molecule has 0 aliphatic heterocycles. The Hall–Kier alpha value is -2.67. The van der Waals surface area contributed by atoms with E-state index in [4.69, 9.17) is 9.47 Å². The topological polar surface area (TPSA) is 65.7 Å². The predicted molar refractivity (Wildman–Crippen MR) is 124 cm³/mol.